The predicted molar refractivity (Wildman–Crippen MR) is 107 cm³/mol. The number of nitrogens with zero attached hydrogens (tertiary/aromatic N) is 2. The van der Waals surface area contributed by atoms with E-state index in [0.717, 1.165) is 18.0 Å². The first-order valence-corrected chi connectivity index (χ1v) is 13.0. The van der Waals surface area contributed by atoms with E-state index in [4.69, 9.17) is 4.74 Å². The summed E-state index contributed by atoms with van der Waals surface area (Å²) in [6.07, 6.45) is 4.78. The lowest BCUT2D eigenvalue weighted by atomic mass is 10.1. The summed E-state index contributed by atoms with van der Waals surface area (Å²) < 4.78 is 5.32. The monoisotopic (exact) mass is 374 g/mol. The number of rotatable bonds is 9. The van der Waals surface area contributed by atoms with E-state index in [2.05, 4.69) is 19.6 Å². The Morgan fingerprint density at radius 1 is 1.23 bits per heavy atom. The van der Waals surface area contributed by atoms with E-state index in [1.807, 2.05) is 54.4 Å². The van der Waals surface area contributed by atoms with Gasteiger partial charge in [-0.1, -0.05) is 69.0 Å². The van der Waals surface area contributed by atoms with Gasteiger partial charge in [0.25, 0.3) is 5.91 Å². The van der Waals surface area contributed by atoms with E-state index in [1.165, 1.54) is 5.01 Å². The molecule has 26 heavy (non-hydrogen) atoms. The highest BCUT2D eigenvalue weighted by Crippen LogP contribution is 2.23. The molecule has 142 valence electrons. The van der Waals surface area contributed by atoms with Crippen molar-refractivity contribution in [2.75, 3.05) is 19.7 Å². The smallest absolute Gasteiger partial charge is 0.327 e. The first-order chi connectivity index (χ1) is 12.3. The normalized spacial score (nSPS) is 18.2. The molecule has 0 aromatic heterocycles. The average molecular weight is 375 g/mol. The molecule has 0 N–H and O–H groups in total. The van der Waals surface area contributed by atoms with Crippen LogP contribution in [-0.4, -0.2) is 55.7 Å². The fraction of sp³-hybridized carbons (Fsp3) is 0.500. The standard InChI is InChI=1S/C20H30N2O3Si/c1-5-18-20(24)22(16-19(23)25-14-15-26(2,3)4)21(18)13-9-12-17-10-7-6-8-11-17/h6-12,18H,5,13-16H2,1-4H3/b12-9+. The zero-order chi connectivity index (χ0) is 19.2. The van der Waals surface area contributed by atoms with Crippen molar-refractivity contribution in [1.29, 1.82) is 0 Å². The van der Waals surface area contributed by atoms with E-state index >= 15 is 0 Å². The highest BCUT2D eigenvalue weighted by Gasteiger charge is 2.44. The molecule has 0 saturated carbocycles. The topological polar surface area (TPSA) is 49.9 Å². The van der Waals surface area contributed by atoms with Crippen molar-refractivity contribution in [2.45, 2.75) is 45.1 Å². The van der Waals surface area contributed by atoms with Gasteiger partial charge in [0.05, 0.1) is 6.61 Å². The molecule has 0 spiro atoms. The molecular formula is C20H30N2O3Si. The number of hydrogen-bond donors (Lipinski definition) is 0. The Balaban J connectivity index is 1.86. The Kier molecular flexibility index (Phi) is 7.17. The second-order valence-corrected chi connectivity index (χ2v) is 13.4. The maximum Gasteiger partial charge on any atom is 0.327 e. The summed E-state index contributed by atoms with van der Waals surface area (Å²) in [5, 5.41) is 3.46. The van der Waals surface area contributed by atoms with Crippen molar-refractivity contribution in [3.05, 3.63) is 42.0 Å². The Morgan fingerprint density at radius 3 is 2.54 bits per heavy atom. The molecule has 1 aliphatic heterocycles. The number of amides is 1. The number of hydrazine groups is 1. The molecule has 0 radical (unpaired) electrons. The Bertz CT molecular complexity index is 640. The third-order valence-corrected chi connectivity index (χ3v) is 6.10. The van der Waals surface area contributed by atoms with Gasteiger partial charge in [0.15, 0.2) is 0 Å². The van der Waals surface area contributed by atoms with Crippen LogP contribution in [0.3, 0.4) is 0 Å². The van der Waals surface area contributed by atoms with Crippen molar-refractivity contribution in [3.8, 4) is 0 Å². The van der Waals surface area contributed by atoms with Crippen molar-refractivity contribution in [3.63, 3.8) is 0 Å². The van der Waals surface area contributed by atoms with Gasteiger partial charge >= 0.3 is 5.97 Å². The zero-order valence-electron chi connectivity index (χ0n) is 16.3. The molecule has 0 bridgehead atoms. The van der Waals surface area contributed by atoms with Crippen molar-refractivity contribution in [1.82, 2.24) is 10.0 Å². The molecule has 6 heteroatoms. The Morgan fingerprint density at radius 2 is 1.92 bits per heavy atom. The molecule has 1 atom stereocenters. The second-order valence-electron chi connectivity index (χ2n) is 7.79. The van der Waals surface area contributed by atoms with Crippen molar-refractivity contribution < 1.29 is 14.3 Å². The van der Waals surface area contributed by atoms with Gasteiger partial charge in [-0.3, -0.25) is 14.6 Å². The molecule has 1 aromatic carbocycles. The molecule has 1 amide bonds. The molecule has 2 rings (SSSR count). The van der Waals surface area contributed by atoms with Crippen LogP contribution < -0.4 is 0 Å². The van der Waals surface area contributed by atoms with Gasteiger partial charge in [-0.25, -0.2) is 5.01 Å². The second kappa shape index (κ2) is 9.14. The maximum atomic E-state index is 12.3. The SMILES string of the molecule is CCC1C(=O)N(CC(=O)OCC[Si](C)(C)C)N1C/C=C/c1ccccc1. The highest BCUT2D eigenvalue weighted by molar-refractivity contribution is 6.76. The highest BCUT2D eigenvalue weighted by atomic mass is 28.3. The van der Waals surface area contributed by atoms with Gasteiger partial charge in [-0.05, 0) is 18.0 Å². The average Bonchev–Trinajstić information content (AvgIpc) is 2.59. The van der Waals surface area contributed by atoms with E-state index in [1.54, 1.807) is 0 Å². The summed E-state index contributed by atoms with van der Waals surface area (Å²) >= 11 is 0. The molecule has 1 saturated heterocycles. The molecule has 5 nitrogen and oxygen atoms in total. The van der Waals surface area contributed by atoms with Crippen LogP contribution in [0.2, 0.25) is 25.7 Å². The molecule has 1 fully saturated rings. The number of esters is 1. The number of ether oxygens (including phenoxy) is 1. The van der Waals surface area contributed by atoms with E-state index in [0.29, 0.717) is 13.2 Å². The van der Waals surface area contributed by atoms with E-state index < -0.39 is 8.07 Å². The van der Waals surface area contributed by atoms with Crippen LogP contribution >= 0.6 is 0 Å². The van der Waals surface area contributed by atoms with Crippen molar-refractivity contribution in [2.24, 2.45) is 0 Å². The molecule has 1 aliphatic rings. The molecular weight excluding hydrogens is 344 g/mol. The minimum Gasteiger partial charge on any atom is -0.465 e. The molecule has 1 unspecified atom stereocenters. The lowest BCUT2D eigenvalue weighted by molar-refractivity contribution is -0.197. The van der Waals surface area contributed by atoms with Crippen LogP contribution in [0.5, 0.6) is 0 Å². The predicted octanol–water partition coefficient (Wildman–Crippen LogP) is 3.42. The molecule has 0 aliphatic carbocycles. The summed E-state index contributed by atoms with van der Waals surface area (Å²) in [6, 6.07) is 10.8. The fourth-order valence-electron chi connectivity index (χ4n) is 2.82. The summed E-state index contributed by atoms with van der Waals surface area (Å²) in [4.78, 5) is 24.3. The summed E-state index contributed by atoms with van der Waals surface area (Å²) in [7, 11) is -1.23. The Hall–Kier alpha value is -1.92. The fourth-order valence-corrected chi connectivity index (χ4v) is 3.53. The van der Waals surface area contributed by atoms with Crippen LogP contribution in [0.25, 0.3) is 6.08 Å². The van der Waals surface area contributed by atoms with Crippen LogP contribution in [0.4, 0.5) is 0 Å². The lowest BCUT2D eigenvalue weighted by Crippen LogP contribution is -2.69. The number of carbonyl (C=O) groups is 2. The van der Waals surface area contributed by atoms with E-state index in [-0.39, 0.29) is 24.5 Å². The van der Waals surface area contributed by atoms with Gasteiger partial charge in [0, 0.05) is 14.6 Å². The number of carbonyl (C=O) groups excluding carboxylic acids is 2. The quantitative estimate of drug-likeness (QED) is 0.491. The van der Waals surface area contributed by atoms with E-state index in [9.17, 15) is 9.59 Å². The van der Waals surface area contributed by atoms with Gasteiger partial charge in [-0.2, -0.15) is 0 Å². The molecule has 1 aromatic rings. The number of hydrogen-bond acceptors (Lipinski definition) is 4. The lowest BCUT2D eigenvalue weighted by Gasteiger charge is -2.48. The zero-order valence-corrected chi connectivity index (χ0v) is 17.3. The Labute approximate surface area is 157 Å². The number of benzene rings is 1. The third-order valence-electron chi connectivity index (χ3n) is 4.39. The van der Waals surface area contributed by atoms with Crippen LogP contribution in [-0.2, 0) is 14.3 Å². The van der Waals surface area contributed by atoms with Gasteiger partial charge in [-0.15, -0.1) is 0 Å². The first kappa shape index (κ1) is 20.4. The maximum absolute atomic E-state index is 12.3. The minimum absolute atomic E-state index is 0.000207. The van der Waals surface area contributed by atoms with Gasteiger partial charge in [0.1, 0.15) is 12.6 Å². The molecule has 1 heterocycles. The van der Waals surface area contributed by atoms with Gasteiger partial charge in [0.2, 0.25) is 0 Å². The van der Waals surface area contributed by atoms with Crippen LogP contribution in [0, 0.1) is 0 Å². The van der Waals surface area contributed by atoms with Crippen LogP contribution in [0.1, 0.15) is 18.9 Å². The van der Waals surface area contributed by atoms with Crippen molar-refractivity contribution >= 4 is 26.0 Å². The largest absolute Gasteiger partial charge is 0.465 e. The third kappa shape index (κ3) is 5.81. The van der Waals surface area contributed by atoms with Crippen LogP contribution in [0.15, 0.2) is 36.4 Å². The summed E-state index contributed by atoms with van der Waals surface area (Å²) in [5.74, 6) is -0.328. The van der Waals surface area contributed by atoms with Gasteiger partial charge < -0.3 is 4.74 Å². The first-order valence-electron chi connectivity index (χ1n) is 9.27. The summed E-state index contributed by atoms with van der Waals surface area (Å²) in [5.41, 5.74) is 1.12. The minimum atomic E-state index is -1.23. The summed E-state index contributed by atoms with van der Waals surface area (Å²) in [6.45, 7) is 9.76.